The number of aryl methyl sites for hydroxylation is 1. The predicted octanol–water partition coefficient (Wildman–Crippen LogP) is 1.21. The third-order valence-corrected chi connectivity index (χ3v) is 4.24. The van der Waals surface area contributed by atoms with Gasteiger partial charge < -0.3 is 10.6 Å². The van der Waals surface area contributed by atoms with Crippen molar-refractivity contribution in [1.29, 1.82) is 0 Å². The molecule has 1 saturated heterocycles. The summed E-state index contributed by atoms with van der Waals surface area (Å²) in [6.45, 7) is 1.82. The number of rotatable bonds is 5. The topological polar surface area (TPSA) is 71.8 Å². The van der Waals surface area contributed by atoms with Gasteiger partial charge in [0.2, 0.25) is 5.91 Å². The molecule has 2 unspecified atom stereocenters. The lowest BCUT2D eigenvalue weighted by Crippen LogP contribution is -2.50. The number of hydrogen-bond donors (Lipinski definition) is 2. The summed E-state index contributed by atoms with van der Waals surface area (Å²) in [5.41, 5.74) is 0.706. The van der Waals surface area contributed by atoms with Crippen LogP contribution in [0.15, 0.2) is 30.6 Å². The zero-order valence-electron chi connectivity index (χ0n) is 13.1. The van der Waals surface area contributed by atoms with Crippen molar-refractivity contribution in [3.05, 3.63) is 47.8 Å². The summed E-state index contributed by atoms with van der Waals surface area (Å²) >= 11 is 0. The first-order valence-electron chi connectivity index (χ1n) is 7.92. The number of carbonyl (C=O) groups excluding carboxylic acids is 1. The zero-order chi connectivity index (χ0) is 16.9. The van der Waals surface area contributed by atoms with Crippen LogP contribution >= 0.6 is 0 Å². The Morgan fingerprint density at radius 3 is 3.00 bits per heavy atom. The van der Waals surface area contributed by atoms with Gasteiger partial charge in [-0.3, -0.25) is 9.48 Å². The van der Waals surface area contributed by atoms with E-state index in [2.05, 4.69) is 20.9 Å². The molecule has 8 heteroatoms. The van der Waals surface area contributed by atoms with E-state index in [0.717, 1.165) is 19.0 Å². The molecule has 3 rings (SSSR count). The maximum absolute atomic E-state index is 13.5. The normalized spacial score (nSPS) is 20.8. The minimum atomic E-state index is -0.860. The molecule has 0 bridgehead atoms. The van der Waals surface area contributed by atoms with Crippen molar-refractivity contribution >= 4 is 5.91 Å². The highest BCUT2D eigenvalue weighted by Crippen LogP contribution is 2.27. The van der Waals surface area contributed by atoms with E-state index < -0.39 is 11.6 Å². The highest BCUT2D eigenvalue weighted by Gasteiger charge is 2.28. The molecule has 6 nitrogen and oxygen atoms in total. The second-order valence-corrected chi connectivity index (χ2v) is 5.86. The lowest BCUT2D eigenvalue weighted by Gasteiger charge is -2.33. The smallest absolute Gasteiger partial charge is 0.222 e. The van der Waals surface area contributed by atoms with Gasteiger partial charge in [0.15, 0.2) is 11.6 Å². The predicted molar refractivity (Wildman–Crippen MR) is 83.2 cm³/mol. The standard InChI is InChI=1S/C16H19F2N5O/c17-13-2-1-11(9-14(13)18)12-3-5-19-10-15(12)21-16(24)4-7-23-8-6-20-22-23/h1-2,6,8-9,12,15,19H,3-5,7,10H2,(H,21,24). The average Bonchev–Trinajstić information content (AvgIpc) is 3.10. The number of carbonyl (C=O) groups is 1. The lowest BCUT2D eigenvalue weighted by atomic mass is 9.86. The zero-order valence-corrected chi connectivity index (χ0v) is 13.1. The van der Waals surface area contributed by atoms with Crippen LogP contribution in [0.4, 0.5) is 8.78 Å². The molecule has 0 spiro atoms. The first-order valence-corrected chi connectivity index (χ1v) is 7.92. The van der Waals surface area contributed by atoms with Gasteiger partial charge in [-0.25, -0.2) is 8.78 Å². The van der Waals surface area contributed by atoms with Gasteiger partial charge in [0, 0.05) is 31.1 Å². The number of benzene rings is 1. The molecule has 1 fully saturated rings. The number of aromatic nitrogens is 3. The molecule has 1 amide bonds. The summed E-state index contributed by atoms with van der Waals surface area (Å²) in [6, 6.07) is 3.78. The van der Waals surface area contributed by atoms with Gasteiger partial charge >= 0.3 is 0 Å². The van der Waals surface area contributed by atoms with E-state index in [0.29, 0.717) is 18.7 Å². The Bertz CT molecular complexity index is 692. The molecule has 2 atom stereocenters. The quantitative estimate of drug-likeness (QED) is 0.862. The van der Waals surface area contributed by atoms with Crippen LogP contribution in [0.1, 0.15) is 24.3 Å². The van der Waals surface area contributed by atoms with Crippen molar-refractivity contribution in [2.75, 3.05) is 13.1 Å². The van der Waals surface area contributed by atoms with Crippen LogP contribution in [0.5, 0.6) is 0 Å². The minimum absolute atomic E-state index is 0.0447. The number of piperidine rings is 1. The van der Waals surface area contributed by atoms with Crippen molar-refractivity contribution < 1.29 is 13.6 Å². The highest BCUT2D eigenvalue weighted by atomic mass is 19.2. The average molecular weight is 335 g/mol. The molecular weight excluding hydrogens is 316 g/mol. The Morgan fingerprint density at radius 2 is 2.25 bits per heavy atom. The number of nitrogens with one attached hydrogen (secondary N) is 2. The summed E-state index contributed by atoms with van der Waals surface area (Å²) in [7, 11) is 0. The van der Waals surface area contributed by atoms with Crippen molar-refractivity contribution in [3.8, 4) is 0 Å². The molecule has 24 heavy (non-hydrogen) atoms. The first kappa shape index (κ1) is 16.5. The molecule has 1 aliphatic heterocycles. The van der Waals surface area contributed by atoms with Crippen LogP contribution in [-0.2, 0) is 11.3 Å². The third-order valence-electron chi connectivity index (χ3n) is 4.24. The van der Waals surface area contributed by atoms with Crippen LogP contribution in [0, 0.1) is 11.6 Å². The van der Waals surface area contributed by atoms with E-state index in [4.69, 9.17) is 0 Å². The number of hydrogen-bond acceptors (Lipinski definition) is 4. The fraction of sp³-hybridized carbons (Fsp3) is 0.438. The third kappa shape index (κ3) is 3.94. The molecule has 0 saturated carbocycles. The van der Waals surface area contributed by atoms with Gasteiger partial charge in [-0.1, -0.05) is 11.3 Å². The van der Waals surface area contributed by atoms with Crippen LogP contribution in [0.2, 0.25) is 0 Å². The number of halogens is 2. The van der Waals surface area contributed by atoms with Gasteiger partial charge in [-0.15, -0.1) is 5.10 Å². The Kier molecular flexibility index (Phi) is 5.14. The lowest BCUT2D eigenvalue weighted by molar-refractivity contribution is -0.122. The summed E-state index contributed by atoms with van der Waals surface area (Å²) < 4.78 is 28.2. The molecule has 2 heterocycles. The summed E-state index contributed by atoms with van der Waals surface area (Å²) in [6.07, 6.45) is 4.28. The number of amides is 1. The monoisotopic (exact) mass is 335 g/mol. The molecule has 128 valence electrons. The highest BCUT2D eigenvalue weighted by molar-refractivity contribution is 5.76. The van der Waals surface area contributed by atoms with E-state index in [-0.39, 0.29) is 24.3 Å². The molecule has 1 aromatic heterocycles. The van der Waals surface area contributed by atoms with Crippen molar-refractivity contribution in [1.82, 2.24) is 25.6 Å². The molecule has 0 aliphatic carbocycles. The maximum Gasteiger partial charge on any atom is 0.222 e. The summed E-state index contributed by atoms with van der Waals surface area (Å²) in [5, 5.41) is 13.7. The molecular formula is C16H19F2N5O. The second-order valence-electron chi connectivity index (χ2n) is 5.86. The SMILES string of the molecule is O=C(CCn1ccnn1)NC1CNCCC1c1ccc(F)c(F)c1. The first-order chi connectivity index (χ1) is 11.6. The van der Waals surface area contributed by atoms with Gasteiger partial charge in [0.25, 0.3) is 0 Å². The fourth-order valence-electron chi connectivity index (χ4n) is 3.00. The fourth-order valence-corrected chi connectivity index (χ4v) is 3.00. The Labute approximate surface area is 138 Å². The molecule has 0 radical (unpaired) electrons. The van der Waals surface area contributed by atoms with Crippen molar-refractivity contribution in [3.63, 3.8) is 0 Å². The molecule has 2 N–H and O–H groups in total. The Balaban J connectivity index is 1.63. The molecule has 1 aliphatic rings. The van der Waals surface area contributed by atoms with Crippen LogP contribution in [0.25, 0.3) is 0 Å². The second kappa shape index (κ2) is 7.48. The Morgan fingerprint density at radius 1 is 1.38 bits per heavy atom. The van der Waals surface area contributed by atoms with E-state index in [9.17, 15) is 13.6 Å². The Hall–Kier alpha value is -2.35. The molecule has 2 aromatic rings. The van der Waals surface area contributed by atoms with E-state index in [1.54, 1.807) is 23.1 Å². The van der Waals surface area contributed by atoms with Gasteiger partial charge in [0.05, 0.1) is 12.7 Å². The van der Waals surface area contributed by atoms with Gasteiger partial charge in [-0.2, -0.15) is 0 Å². The number of nitrogens with zero attached hydrogens (tertiary/aromatic N) is 3. The van der Waals surface area contributed by atoms with Gasteiger partial charge in [0.1, 0.15) is 0 Å². The van der Waals surface area contributed by atoms with Crippen molar-refractivity contribution in [2.45, 2.75) is 31.3 Å². The van der Waals surface area contributed by atoms with E-state index >= 15 is 0 Å². The van der Waals surface area contributed by atoms with Crippen LogP contribution in [-0.4, -0.2) is 40.0 Å². The maximum atomic E-state index is 13.5. The van der Waals surface area contributed by atoms with E-state index in [1.807, 2.05) is 0 Å². The summed E-state index contributed by atoms with van der Waals surface area (Å²) in [5.74, 6) is -1.87. The minimum Gasteiger partial charge on any atom is -0.351 e. The largest absolute Gasteiger partial charge is 0.351 e. The van der Waals surface area contributed by atoms with Gasteiger partial charge in [-0.05, 0) is 30.7 Å². The van der Waals surface area contributed by atoms with Crippen molar-refractivity contribution in [2.24, 2.45) is 0 Å². The van der Waals surface area contributed by atoms with Crippen LogP contribution < -0.4 is 10.6 Å². The van der Waals surface area contributed by atoms with E-state index in [1.165, 1.54) is 6.07 Å². The molecule has 1 aromatic carbocycles. The van der Waals surface area contributed by atoms with Crippen LogP contribution in [0.3, 0.4) is 0 Å². The summed E-state index contributed by atoms with van der Waals surface area (Å²) in [4.78, 5) is 12.2.